The van der Waals surface area contributed by atoms with Crippen LogP contribution in [0.15, 0.2) is 42.5 Å². The van der Waals surface area contributed by atoms with E-state index >= 15 is 0 Å². The number of carbonyl (C=O) groups excluding carboxylic acids is 2. The first-order valence-corrected chi connectivity index (χ1v) is 12.0. The van der Waals surface area contributed by atoms with E-state index in [0.717, 1.165) is 42.9 Å². The molecule has 1 aliphatic heterocycles. The summed E-state index contributed by atoms with van der Waals surface area (Å²) in [6.07, 6.45) is 2.52. The van der Waals surface area contributed by atoms with Gasteiger partial charge in [0, 0.05) is 44.3 Å². The minimum atomic E-state index is -0.162. The number of hydrogen-bond acceptors (Lipinski definition) is 5. The Balaban J connectivity index is 1.59. The number of nitrogens with zero attached hydrogens (tertiary/aromatic N) is 5. The summed E-state index contributed by atoms with van der Waals surface area (Å²) in [5.74, 6) is 0.818. The lowest BCUT2D eigenvalue weighted by atomic mass is 10.1. The van der Waals surface area contributed by atoms with Crippen LogP contribution in [0, 0.1) is 0 Å². The van der Waals surface area contributed by atoms with Gasteiger partial charge in [0.15, 0.2) is 5.82 Å². The molecule has 0 saturated carbocycles. The maximum Gasteiger partial charge on any atom is 0.318 e. The molecule has 8 heteroatoms. The lowest BCUT2D eigenvalue weighted by Gasteiger charge is -2.31. The Morgan fingerprint density at radius 3 is 2.48 bits per heavy atom. The molecular weight excluding hydrogens is 416 g/mol. The van der Waals surface area contributed by atoms with Crippen molar-refractivity contribution in [1.82, 2.24) is 25.3 Å². The van der Waals surface area contributed by atoms with E-state index < -0.39 is 0 Å². The van der Waals surface area contributed by atoms with Crippen molar-refractivity contribution in [3.05, 3.63) is 42.5 Å². The van der Waals surface area contributed by atoms with E-state index in [0.29, 0.717) is 26.2 Å². The summed E-state index contributed by atoms with van der Waals surface area (Å²) in [4.78, 5) is 31.3. The van der Waals surface area contributed by atoms with Crippen LogP contribution in [-0.4, -0.2) is 77.2 Å². The fourth-order valence-corrected chi connectivity index (χ4v) is 3.88. The number of benzene rings is 1. The van der Waals surface area contributed by atoms with E-state index in [1.807, 2.05) is 68.1 Å². The van der Waals surface area contributed by atoms with Gasteiger partial charge >= 0.3 is 6.03 Å². The lowest BCUT2D eigenvalue weighted by Crippen LogP contribution is -2.50. The number of amides is 3. The van der Waals surface area contributed by atoms with Crippen LogP contribution in [0.1, 0.15) is 40.0 Å². The second-order valence-corrected chi connectivity index (χ2v) is 8.48. The predicted molar refractivity (Wildman–Crippen MR) is 131 cm³/mol. The molecule has 178 valence electrons. The maximum absolute atomic E-state index is 13.1. The van der Waals surface area contributed by atoms with Crippen LogP contribution in [0.25, 0.3) is 11.3 Å². The molecule has 1 aromatic carbocycles. The molecule has 0 unspecified atom stereocenters. The number of aromatic nitrogens is 2. The molecule has 3 amide bonds. The molecule has 0 radical (unpaired) electrons. The summed E-state index contributed by atoms with van der Waals surface area (Å²) in [5.41, 5.74) is 1.88. The molecule has 1 N–H and O–H groups in total. The number of rotatable bonds is 8. The minimum Gasteiger partial charge on any atom is -0.353 e. The highest BCUT2D eigenvalue weighted by Gasteiger charge is 2.26. The maximum atomic E-state index is 13.1. The molecule has 8 nitrogen and oxygen atoms in total. The second-order valence-electron chi connectivity index (χ2n) is 8.48. The van der Waals surface area contributed by atoms with Crippen LogP contribution < -0.4 is 10.2 Å². The van der Waals surface area contributed by atoms with E-state index in [1.54, 1.807) is 4.90 Å². The van der Waals surface area contributed by atoms with E-state index in [4.69, 9.17) is 0 Å². The average Bonchev–Trinajstić information content (AvgIpc) is 3.12. The summed E-state index contributed by atoms with van der Waals surface area (Å²) >= 11 is 0. The van der Waals surface area contributed by atoms with Crippen molar-refractivity contribution in [3.63, 3.8) is 0 Å². The summed E-state index contributed by atoms with van der Waals surface area (Å²) in [6, 6.07) is 13.8. The minimum absolute atomic E-state index is 0.00527. The zero-order chi connectivity index (χ0) is 23.6. The summed E-state index contributed by atoms with van der Waals surface area (Å²) < 4.78 is 0. The van der Waals surface area contributed by atoms with Crippen molar-refractivity contribution < 1.29 is 9.59 Å². The van der Waals surface area contributed by atoms with Crippen LogP contribution in [0.2, 0.25) is 0 Å². The highest BCUT2D eigenvalue weighted by molar-refractivity contribution is 5.84. The molecule has 1 fully saturated rings. The van der Waals surface area contributed by atoms with E-state index in [1.165, 1.54) is 0 Å². The first-order chi connectivity index (χ1) is 16.0. The third-order valence-corrected chi connectivity index (χ3v) is 6.11. The predicted octanol–water partition coefficient (Wildman–Crippen LogP) is 3.40. The molecule has 0 aliphatic carbocycles. The van der Waals surface area contributed by atoms with Gasteiger partial charge in [-0.1, -0.05) is 44.2 Å². The summed E-state index contributed by atoms with van der Waals surface area (Å²) in [6.45, 7) is 9.54. The first-order valence-electron chi connectivity index (χ1n) is 12.0. The largest absolute Gasteiger partial charge is 0.353 e. The van der Waals surface area contributed by atoms with Gasteiger partial charge in [-0.25, -0.2) is 4.79 Å². The number of urea groups is 1. The Hall–Kier alpha value is -3.16. The fraction of sp³-hybridized carbons (Fsp3) is 0.520. The van der Waals surface area contributed by atoms with E-state index in [2.05, 4.69) is 20.4 Å². The van der Waals surface area contributed by atoms with Crippen molar-refractivity contribution in [3.8, 4) is 11.3 Å². The average molecular weight is 453 g/mol. The third kappa shape index (κ3) is 6.66. The Morgan fingerprint density at radius 1 is 1.03 bits per heavy atom. The van der Waals surface area contributed by atoms with Crippen LogP contribution in [0.3, 0.4) is 0 Å². The van der Waals surface area contributed by atoms with Gasteiger partial charge in [-0.05, 0) is 38.3 Å². The Labute approximate surface area is 197 Å². The molecule has 1 atom stereocenters. The normalized spacial score (nSPS) is 15.0. The van der Waals surface area contributed by atoms with Gasteiger partial charge < -0.3 is 20.0 Å². The molecule has 1 aliphatic rings. The van der Waals surface area contributed by atoms with Crippen molar-refractivity contribution in [2.24, 2.45) is 0 Å². The highest BCUT2D eigenvalue weighted by atomic mass is 16.2. The van der Waals surface area contributed by atoms with Crippen molar-refractivity contribution in [1.29, 1.82) is 0 Å². The monoisotopic (exact) mass is 452 g/mol. The molecule has 3 rings (SSSR count). The standard InChI is InChI=1S/C25H36N6O2/c1-4-14-26-25(33)31(20(3)5-2)19-24(32)30-16-9-15-29(17-18-30)23-13-12-22(27-28-23)21-10-7-6-8-11-21/h6-8,10-13,20H,4-5,9,14-19H2,1-3H3,(H,26,33)/t20-/m0/s1. The quantitative estimate of drug-likeness (QED) is 0.664. The molecule has 2 heterocycles. The van der Waals surface area contributed by atoms with Gasteiger partial charge in [-0.2, -0.15) is 0 Å². The van der Waals surface area contributed by atoms with Gasteiger partial charge in [0.05, 0.1) is 5.69 Å². The van der Waals surface area contributed by atoms with Gasteiger partial charge in [-0.15, -0.1) is 10.2 Å². The molecule has 33 heavy (non-hydrogen) atoms. The smallest absolute Gasteiger partial charge is 0.318 e. The lowest BCUT2D eigenvalue weighted by molar-refractivity contribution is -0.132. The number of hydrogen-bond donors (Lipinski definition) is 1. The molecule has 0 spiro atoms. The van der Waals surface area contributed by atoms with Gasteiger partial charge in [0.2, 0.25) is 5.91 Å². The van der Waals surface area contributed by atoms with Crippen LogP contribution in [0.4, 0.5) is 10.6 Å². The topological polar surface area (TPSA) is 81.7 Å². The molecule has 1 saturated heterocycles. The number of carbonyl (C=O) groups is 2. The third-order valence-electron chi connectivity index (χ3n) is 6.11. The first kappa shape index (κ1) is 24.5. The van der Waals surface area contributed by atoms with Crippen LogP contribution >= 0.6 is 0 Å². The molecule has 0 bridgehead atoms. The molecule has 1 aromatic heterocycles. The zero-order valence-corrected chi connectivity index (χ0v) is 20.0. The molecular formula is C25H36N6O2. The number of anilines is 1. The van der Waals surface area contributed by atoms with E-state index in [9.17, 15) is 9.59 Å². The zero-order valence-electron chi connectivity index (χ0n) is 20.0. The Bertz CT molecular complexity index is 890. The van der Waals surface area contributed by atoms with Gasteiger partial charge in [-0.3, -0.25) is 4.79 Å². The highest BCUT2D eigenvalue weighted by Crippen LogP contribution is 2.19. The number of nitrogens with one attached hydrogen (secondary N) is 1. The molecule has 2 aromatic rings. The Morgan fingerprint density at radius 2 is 1.82 bits per heavy atom. The van der Waals surface area contributed by atoms with Crippen molar-refractivity contribution >= 4 is 17.8 Å². The van der Waals surface area contributed by atoms with E-state index in [-0.39, 0.29) is 24.5 Å². The van der Waals surface area contributed by atoms with Crippen LogP contribution in [0.5, 0.6) is 0 Å². The van der Waals surface area contributed by atoms with Crippen LogP contribution in [-0.2, 0) is 4.79 Å². The van der Waals surface area contributed by atoms with Crippen molar-refractivity contribution in [2.45, 2.75) is 46.1 Å². The SMILES string of the molecule is CCCNC(=O)N(CC(=O)N1CCCN(c2ccc(-c3ccccc3)nn2)CC1)[C@@H](C)CC. The second kappa shape index (κ2) is 12.2. The van der Waals surface area contributed by atoms with Gasteiger partial charge in [0.1, 0.15) is 6.54 Å². The summed E-state index contributed by atoms with van der Waals surface area (Å²) in [7, 11) is 0. The summed E-state index contributed by atoms with van der Waals surface area (Å²) in [5, 5.41) is 11.7. The van der Waals surface area contributed by atoms with Crippen molar-refractivity contribution in [2.75, 3.05) is 44.2 Å². The van der Waals surface area contributed by atoms with Gasteiger partial charge in [0.25, 0.3) is 0 Å². The Kier molecular flexibility index (Phi) is 9.04. The fourth-order valence-electron chi connectivity index (χ4n) is 3.88.